The maximum absolute atomic E-state index is 13.0. The molecule has 0 unspecified atom stereocenters. The number of halogens is 2. The van der Waals surface area contributed by atoms with E-state index in [-0.39, 0.29) is 55.0 Å². The van der Waals surface area contributed by atoms with E-state index < -0.39 is 17.6 Å². The fourth-order valence-corrected chi connectivity index (χ4v) is 15.3. The van der Waals surface area contributed by atoms with Crippen LogP contribution in [0, 0.1) is 46.3 Å². The van der Waals surface area contributed by atoms with Gasteiger partial charge in [-0.2, -0.15) is 0 Å². The maximum Gasteiger partial charge on any atom is 0.303 e. The number of carboxylic acid groups (broad SMARTS) is 1. The molecule has 0 aliphatic carbocycles. The van der Waals surface area contributed by atoms with Crippen LogP contribution in [-0.4, -0.2) is 179 Å². The Bertz CT molecular complexity index is 6390. The van der Waals surface area contributed by atoms with Crippen molar-refractivity contribution in [3.8, 4) is 57.2 Å². The average molecular weight is 1920 g/mol. The molecule has 7 aromatic carbocycles. The number of carboxylic acids is 1. The van der Waals surface area contributed by atoms with Gasteiger partial charge in [0.15, 0.2) is 11.6 Å². The molecular formula is C105H117F2N19O13S. The SMILES string of the molecule is COc1cc(/C=C2\CCCN=C2NN)ccc1-n1cnc(C)c1.COc1cc(/C=C2\CCCN=C2NNC(=O)CCC(=O)c2ccc(F)cc2)ccc1-n1cnc(C)c1.COc1cc(/C=C2\CCCNC2=O)ccc1-n1cnc(C)c1.COc1cc(/C=C2\CCCNC2=S)ccc1-n1cnc(C)c1.COc1cc(C=O)ccc1-n1cnc(C)c1.O=C(O)CCC(=O)c1ccc(F)cc1.O=C1CCCCN1. The monoisotopic (exact) mass is 1920 g/mol. The van der Waals surface area contributed by atoms with Crippen LogP contribution in [0.5, 0.6) is 28.7 Å². The molecule has 9 N–H and O–H groups in total. The number of aldehydes is 1. The van der Waals surface area contributed by atoms with Crippen molar-refractivity contribution >= 4 is 94.7 Å². The Labute approximate surface area is 817 Å². The predicted octanol–water partition coefficient (Wildman–Crippen LogP) is 16.3. The van der Waals surface area contributed by atoms with Crippen molar-refractivity contribution in [1.82, 2.24) is 80.0 Å². The van der Waals surface area contributed by atoms with Gasteiger partial charge in [-0.1, -0.05) is 36.5 Å². The number of amides is 3. The van der Waals surface area contributed by atoms with E-state index >= 15 is 0 Å². The normalized spacial score (nSPS) is 14.8. The van der Waals surface area contributed by atoms with Crippen LogP contribution in [0.2, 0.25) is 0 Å². The second-order valence-electron chi connectivity index (χ2n) is 32.8. The van der Waals surface area contributed by atoms with Crippen LogP contribution in [-0.2, 0) is 19.2 Å². The van der Waals surface area contributed by atoms with Gasteiger partial charge >= 0.3 is 5.97 Å². The summed E-state index contributed by atoms with van der Waals surface area (Å²) < 4.78 is 62.5. The van der Waals surface area contributed by atoms with E-state index in [1.807, 2.05) is 167 Å². The number of Topliss-reactive ketones (excluding diaryl/α,β-unsaturated/α-hetero) is 2. The highest BCUT2D eigenvalue weighted by atomic mass is 32.1. The minimum atomic E-state index is -1.01. The number of nitrogens with two attached hydrogens (primary N) is 1. The molecule has 730 valence electrons. The van der Waals surface area contributed by atoms with Crippen LogP contribution in [0.4, 0.5) is 8.78 Å². The lowest BCUT2D eigenvalue weighted by Crippen LogP contribution is -2.43. The second kappa shape index (κ2) is 53.0. The number of hydrazine groups is 2. The largest absolute Gasteiger partial charge is 0.495 e. The Hall–Kier alpha value is -15.9. The summed E-state index contributed by atoms with van der Waals surface area (Å²) in [4.78, 5) is 110. The quantitative estimate of drug-likeness (QED) is 0.00736. The first-order chi connectivity index (χ1) is 67.7. The zero-order chi connectivity index (χ0) is 100.0. The predicted molar refractivity (Wildman–Crippen MR) is 540 cm³/mol. The van der Waals surface area contributed by atoms with Crippen molar-refractivity contribution < 1.29 is 71.1 Å². The van der Waals surface area contributed by atoms with Crippen molar-refractivity contribution in [2.24, 2.45) is 15.8 Å². The summed E-state index contributed by atoms with van der Waals surface area (Å²) in [5.74, 6) is 8.21. The van der Waals surface area contributed by atoms with Gasteiger partial charge in [-0.15, -0.1) is 0 Å². The van der Waals surface area contributed by atoms with E-state index in [4.69, 9.17) is 46.9 Å². The fraction of sp³-hybridized carbons (Fsp3) is 0.286. The molecule has 140 heavy (non-hydrogen) atoms. The number of benzene rings is 7. The minimum absolute atomic E-state index is 0.00191. The lowest BCUT2D eigenvalue weighted by atomic mass is 10.0. The molecule has 3 amide bonds. The standard InChI is InChI=1S/C27H28FN5O3.C17H21N5O.C17H19N3O2.C17H19N3OS.C12H12N2O2.C10H9FO3.C5H9NO/c1-18-16-33(17-30-18)23-10-5-19(15-25(23)36-2)14-21-4-3-13-29-27(21)32-31-26(35)12-11-24(34)20-6-8-22(28)9-7-20;1-12-10-22(11-20-12)15-6-5-13(9-16(15)23-2)8-14-4-3-7-19-17(14)21-18;1-12-10-20(11-19-12)15-6-5-13(9-16(15)22-2)8-14-4-3-7-18-17(14)21;1-12-10-20(11-19-12)15-6-5-13(9-16(15)21-2)8-14-4-3-7-18-17(14)22;1-9-6-14(8-13-9)11-4-3-10(7-15)5-12(11)16-2;11-8-3-1-7(2-4-8)9(12)5-6-10(13)14;7-5-3-1-2-4-6-5/h5-10,14-17H,3-4,11-13H2,1-2H3,(H,29,32)(H,31,35);5-6,8-11H,3-4,7,18H2,1-2H3,(H,19,21);5-6,8-11H,3-4,7H2,1-2H3,(H,18,21);5-6,8-11H,3-4,7H2,1-2H3,(H,18,22);3-8H,1-2H3;1-4H,5-6H2,(H,13,14);1-4H2,(H,6,7)/b21-14+;3*14-8+;;;. The average Bonchev–Trinajstić information content (AvgIpc) is 1.54. The molecule has 5 aliphatic heterocycles. The molecule has 5 aromatic heterocycles. The molecular weight excluding hydrogens is 1810 g/mol. The number of hydrogen-bond acceptors (Lipinski definition) is 23. The number of piperidine rings is 3. The number of hydrogen-bond donors (Lipinski definition) is 8. The number of aliphatic imine (C=N–C) groups is 2. The Kier molecular flexibility index (Phi) is 39.6. The first-order valence-corrected chi connectivity index (χ1v) is 46.1. The Balaban J connectivity index is 0.000000162. The maximum atomic E-state index is 13.0. The molecule has 35 heteroatoms. The first-order valence-electron chi connectivity index (χ1n) is 45.7. The molecule has 17 rings (SSSR count). The van der Waals surface area contributed by atoms with Crippen LogP contribution in [0.15, 0.2) is 234 Å². The number of ether oxygens (including phenoxy) is 5. The molecule has 10 heterocycles. The van der Waals surface area contributed by atoms with Crippen molar-refractivity contribution in [2.75, 3.05) is 68.3 Å². The first kappa shape index (κ1) is 105. The van der Waals surface area contributed by atoms with Crippen molar-refractivity contribution in [1.29, 1.82) is 0 Å². The molecule has 3 fully saturated rings. The number of nitrogens with one attached hydrogen (secondary N) is 6. The smallest absolute Gasteiger partial charge is 0.303 e. The van der Waals surface area contributed by atoms with E-state index in [9.17, 15) is 42.3 Å². The zero-order valence-corrected chi connectivity index (χ0v) is 80.9. The van der Waals surface area contributed by atoms with Crippen LogP contribution < -0.4 is 61.8 Å². The van der Waals surface area contributed by atoms with Crippen LogP contribution in [0.1, 0.15) is 178 Å². The summed E-state index contributed by atoms with van der Waals surface area (Å²) in [6, 6.07) is 39.7. The lowest BCUT2D eigenvalue weighted by molar-refractivity contribution is -0.137. The highest BCUT2D eigenvalue weighted by molar-refractivity contribution is 7.80. The molecule has 32 nitrogen and oxygen atoms in total. The third kappa shape index (κ3) is 31.3. The number of aliphatic carboxylic acids is 1. The van der Waals surface area contributed by atoms with Gasteiger partial charge in [0.05, 0.1) is 131 Å². The third-order valence-corrected chi connectivity index (χ3v) is 22.7. The van der Waals surface area contributed by atoms with Crippen LogP contribution in [0.25, 0.3) is 52.7 Å². The van der Waals surface area contributed by atoms with Crippen LogP contribution >= 0.6 is 12.2 Å². The number of carbonyl (C=O) groups is 7. The Morgan fingerprint density at radius 3 is 1.10 bits per heavy atom. The number of thiocarbonyl (C=S) groups is 1. The summed E-state index contributed by atoms with van der Waals surface area (Å²) in [6.45, 7) is 13.8. The number of amidine groups is 2. The van der Waals surface area contributed by atoms with E-state index in [1.165, 1.54) is 54.1 Å². The topological polar surface area (TPSA) is 398 Å². The Morgan fingerprint density at radius 1 is 0.421 bits per heavy atom. The summed E-state index contributed by atoms with van der Waals surface area (Å²) in [5, 5.41) is 17.2. The number of carbonyl (C=O) groups excluding carboxylic acids is 6. The molecule has 5 aliphatic rings. The summed E-state index contributed by atoms with van der Waals surface area (Å²) in [6.07, 6.45) is 37.9. The fourth-order valence-electron chi connectivity index (χ4n) is 15.1. The number of imidazole rings is 5. The van der Waals surface area contributed by atoms with Crippen molar-refractivity contribution in [3.05, 3.63) is 303 Å². The van der Waals surface area contributed by atoms with Gasteiger partial charge in [0.2, 0.25) is 17.7 Å². The number of rotatable bonds is 23. The number of aromatic nitrogens is 10. The molecule has 3 saturated heterocycles. The van der Waals surface area contributed by atoms with E-state index in [2.05, 4.69) is 91.4 Å². The van der Waals surface area contributed by atoms with Gasteiger partial charge in [-0.25, -0.2) is 39.5 Å². The molecule has 0 atom stereocenters. The van der Waals surface area contributed by atoms with E-state index in [1.54, 1.807) is 79.3 Å². The zero-order valence-electron chi connectivity index (χ0n) is 80.0. The minimum Gasteiger partial charge on any atom is -0.495 e. The number of methoxy groups -OCH3 is 5. The van der Waals surface area contributed by atoms with Gasteiger partial charge < -0.3 is 73.0 Å². The lowest BCUT2D eigenvalue weighted by Gasteiger charge is -2.18. The summed E-state index contributed by atoms with van der Waals surface area (Å²) >= 11 is 5.37. The number of nitrogens with zero attached hydrogens (tertiary/aromatic N) is 12. The third-order valence-electron chi connectivity index (χ3n) is 22.3. The summed E-state index contributed by atoms with van der Waals surface area (Å²) in [5.41, 5.74) is 27.0. The number of aryl methyl sites for hydroxylation is 5. The van der Waals surface area contributed by atoms with Gasteiger partial charge in [0.1, 0.15) is 63.3 Å². The van der Waals surface area contributed by atoms with Gasteiger partial charge in [0, 0.05) is 112 Å². The van der Waals surface area contributed by atoms with Gasteiger partial charge in [-0.05, 0) is 277 Å². The molecule has 0 spiro atoms. The van der Waals surface area contributed by atoms with Crippen molar-refractivity contribution in [2.45, 2.75) is 131 Å². The molecule has 0 saturated carbocycles. The highest BCUT2D eigenvalue weighted by Crippen LogP contribution is 2.33. The summed E-state index contributed by atoms with van der Waals surface area (Å²) in [7, 11) is 8.22. The molecule has 12 aromatic rings. The van der Waals surface area contributed by atoms with Gasteiger partial charge in [0.25, 0.3) is 0 Å². The van der Waals surface area contributed by atoms with Gasteiger partial charge in [-0.3, -0.25) is 54.4 Å². The van der Waals surface area contributed by atoms with Crippen LogP contribution in [0.3, 0.4) is 0 Å². The Morgan fingerprint density at radius 2 is 0.764 bits per heavy atom. The van der Waals surface area contributed by atoms with E-state index in [0.29, 0.717) is 40.6 Å². The van der Waals surface area contributed by atoms with E-state index in [0.717, 1.165) is 227 Å². The molecule has 0 radical (unpaired) electrons. The second-order valence-corrected chi connectivity index (χ2v) is 33.2. The van der Waals surface area contributed by atoms with Crippen molar-refractivity contribution in [3.63, 3.8) is 0 Å². The highest BCUT2D eigenvalue weighted by Gasteiger charge is 2.21. The number of ketones is 2. The molecule has 0 bridgehead atoms.